The van der Waals surface area contributed by atoms with Gasteiger partial charge in [0, 0.05) is 89.4 Å². The molecule has 47 heavy (non-hydrogen) atoms. The predicted molar refractivity (Wildman–Crippen MR) is 195 cm³/mol. The number of rotatable bonds is 8. The van der Waals surface area contributed by atoms with Crippen molar-refractivity contribution in [2.75, 3.05) is 43.0 Å². The highest BCUT2D eigenvalue weighted by Gasteiger charge is 2.24. The number of hydrogen-bond donors (Lipinski definition) is 2. The van der Waals surface area contributed by atoms with Gasteiger partial charge < -0.3 is 40.9 Å². The first-order valence-corrected chi connectivity index (χ1v) is 16.5. The summed E-state index contributed by atoms with van der Waals surface area (Å²) in [6.45, 7) is 17.1. The average Bonchev–Trinajstić information content (AvgIpc) is 3.72. The van der Waals surface area contributed by atoms with Gasteiger partial charge in [0.05, 0.1) is 29.9 Å². The molecule has 0 spiro atoms. The summed E-state index contributed by atoms with van der Waals surface area (Å²) in [5.74, 6) is 0. The van der Waals surface area contributed by atoms with Crippen LogP contribution in [0.5, 0.6) is 0 Å². The normalized spacial score (nSPS) is 19.7. The molecular formula is C37H54N10. The van der Waals surface area contributed by atoms with Crippen molar-refractivity contribution in [1.29, 1.82) is 0 Å². The maximum Gasteiger partial charge on any atom is 0.103 e. The summed E-state index contributed by atoms with van der Waals surface area (Å²) in [7, 11) is 2.08. The summed E-state index contributed by atoms with van der Waals surface area (Å²) in [6.07, 6.45) is 21.2. The molecule has 252 valence electrons. The van der Waals surface area contributed by atoms with Crippen molar-refractivity contribution in [3.8, 4) is 0 Å². The van der Waals surface area contributed by atoms with Crippen molar-refractivity contribution < 1.29 is 0 Å². The van der Waals surface area contributed by atoms with Crippen LogP contribution in [0.3, 0.4) is 0 Å². The number of aromatic nitrogens is 2. The molecule has 0 radical (unpaired) electrons. The molecule has 4 N–H and O–H groups in total. The summed E-state index contributed by atoms with van der Waals surface area (Å²) < 4.78 is 0. The zero-order valence-electron chi connectivity index (χ0n) is 29.2. The fourth-order valence-electron chi connectivity index (χ4n) is 5.80. The van der Waals surface area contributed by atoms with Crippen molar-refractivity contribution in [2.24, 2.45) is 11.5 Å². The first-order valence-electron chi connectivity index (χ1n) is 16.5. The van der Waals surface area contributed by atoms with Crippen molar-refractivity contribution in [3.63, 3.8) is 0 Å². The molecule has 5 heterocycles. The second-order valence-corrected chi connectivity index (χ2v) is 12.2. The highest BCUT2D eigenvalue weighted by Crippen LogP contribution is 2.27. The molecule has 6 rings (SSSR count). The number of hydrogen-bond acceptors (Lipinski definition) is 10. The van der Waals surface area contributed by atoms with E-state index in [2.05, 4.69) is 149 Å². The number of anilines is 2. The molecular weight excluding hydrogens is 584 g/mol. The molecule has 0 unspecified atom stereocenters. The van der Waals surface area contributed by atoms with E-state index in [1.54, 1.807) is 0 Å². The zero-order chi connectivity index (χ0) is 33.9. The third-order valence-electron chi connectivity index (χ3n) is 9.13. The molecule has 3 aliphatic rings. The Morgan fingerprint density at radius 3 is 1.64 bits per heavy atom. The number of benzene rings is 1. The summed E-state index contributed by atoms with van der Waals surface area (Å²) in [5.41, 5.74) is 18.7. The van der Waals surface area contributed by atoms with Gasteiger partial charge >= 0.3 is 0 Å². The number of nitrogens with two attached hydrogens (primary N) is 2. The Bertz CT molecular complexity index is 1500. The summed E-state index contributed by atoms with van der Waals surface area (Å²) in [6, 6.07) is 12.6. The molecule has 2 aromatic heterocycles. The van der Waals surface area contributed by atoms with Gasteiger partial charge in [0.15, 0.2) is 0 Å². The lowest BCUT2D eigenvalue weighted by Crippen LogP contribution is -2.38. The molecule has 0 bridgehead atoms. The van der Waals surface area contributed by atoms with Gasteiger partial charge in [-0.1, -0.05) is 24.3 Å². The van der Waals surface area contributed by atoms with Crippen LogP contribution in [0.4, 0.5) is 11.4 Å². The first kappa shape index (κ1) is 35.3. The van der Waals surface area contributed by atoms with Crippen LogP contribution in [0.1, 0.15) is 43.0 Å². The van der Waals surface area contributed by atoms with Crippen LogP contribution in [-0.2, 0) is 6.54 Å². The smallest absolute Gasteiger partial charge is 0.103 e. The van der Waals surface area contributed by atoms with Crippen LogP contribution in [0.2, 0.25) is 0 Å². The van der Waals surface area contributed by atoms with Crippen molar-refractivity contribution >= 4 is 11.4 Å². The van der Waals surface area contributed by atoms with Gasteiger partial charge in [0.2, 0.25) is 0 Å². The number of aryl methyl sites for hydroxylation is 3. The Balaban J connectivity index is 0.000000160. The van der Waals surface area contributed by atoms with Crippen LogP contribution in [0.15, 0.2) is 98.4 Å². The van der Waals surface area contributed by atoms with E-state index in [4.69, 9.17) is 11.5 Å². The van der Waals surface area contributed by atoms with Crippen LogP contribution in [0, 0.1) is 20.8 Å². The summed E-state index contributed by atoms with van der Waals surface area (Å²) in [4.78, 5) is 21.8. The van der Waals surface area contributed by atoms with E-state index in [-0.39, 0.29) is 0 Å². The van der Waals surface area contributed by atoms with E-state index in [1.807, 2.05) is 36.9 Å². The molecule has 0 amide bonds. The molecule has 1 aromatic carbocycles. The zero-order valence-corrected chi connectivity index (χ0v) is 29.2. The van der Waals surface area contributed by atoms with Crippen molar-refractivity contribution in [3.05, 3.63) is 121 Å². The Hall–Kier alpha value is -4.54. The Kier molecular flexibility index (Phi) is 12.7. The number of nitrogens with zero attached hydrogens (tertiary/aromatic N) is 8. The first-order chi connectivity index (χ1) is 22.7. The van der Waals surface area contributed by atoms with Crippen LogP contribution in [-0.4, -0.2) is 81.3 Å². The lowest BCUT2D eigenvalue weighted by Gasteiger charge is -2.30. The van der Waals surface area contributed by atoms with Crippen LogP contribution < -0.4 is 21.3 Å². The Morgan fingerprint density at radius 2 is 1.11 bits per heavy atom. The van der Waals surface area contributed by atoms with Crippen molar-refractivity contribution in [1.82, 2.24) is 29.6 Å². The second-order valence-electron chi connectivity index (χ2n) is 12.2. The van der Waals surface area contributed by atoms with E-state index >= 15 is 0 Å². The minimum absolute atomic E-state index is 0.312. The quantitative estimate of drug-likeness (QED) is 0.346. The van der Waals surface area contributed by atoms with Gasteiger partial charge in [0.1, 0.15) is 12.3 Å². The minimum atomic E-state index is 0.312. The lowest BCUT2D eigenvalue weighted by atomic mass is 10.1. The van der Waals surface area contributed by atoms with Gasteiger partial charge in [-0.15, -0.1) is 0 Å². The summed E-state index contributed by atoms with van der Waals surface area (Å²) >= 11 is 0. The average molecular weight is 639 g/mol. The van der Waals surface area contributed by atoms with Gasteiger partial charge in [-0.3, -0.25) is 9.97 Å². The molecule has 0 aliphatic carbocycles. The van der Waals surface area contributed by atoms with Gasteiger partial charge in [-0.05, 0) is 75.9 Å². The van der Waals surface area contributed by atoms with E-state index in [9.17, 15) is 0 Å². The van der Waals surface area contributed by atoms with Crippen LogP contribution >= 0.6 is 0 Å². The molecule has 3 aromatic rings. The van der Waals surface area contributed by atoms with Crippen molar-refractivity contribution in [2.45, 2.75) is 66.6 Å². The minimum Gasteiger partial charge on any atom is -0.359 e. The molecule has 10 heteroatoms. The maximum atomic E-state index is 5.60. The fraction of sp³-hybridized carbons (Fsp3) is 0.405. The summed E-state index contributed by atoms with van der Waals surface area (Å²) in [5, 5.41) is 0. The predicted octanol–water partition coefficient (Wildman–Crippen LogP) is 5.14. The molecule has 0 saturated carbocycles. The molecule has 3 atom stereocenters. The van der Waals surface area contributed by atoms with E-state index in [0.29, 0.717) is 31.6 Å². The van der Waals surface area contributed by atoms with Gasteiger partial charge in [0.25, 0.3) is 0 Å². The van der Waals surface area contributed by atoms with E-state index < -0.39 is 0 Å². The molecule has 10 nitrogen and oxygen atoms in total. The number of pyridine rings is 2. The Labute approximate surface area is 282 Å². The SMILES string of the molecule is Cc1ccccc1CN1C=CN(CCN)[C@@H]1C.Cc1ccncc1N1C=CN(C)[C@@H]1C.Cc1ccncc1N1C=CN(CCN)[C@@H]1C. The maximum absolute atomic E-state index is 5.60. The fourth-order valence-corrected chi connectivity index (χ4v) is 5.80. The van der Waals surface area contributed by atoms with E-state index in [0.717, 1.165) is 25.3 Å². The highest BCUT2D eigenvalue weighted by molar-refractivity contribution is 5.56. The lowest BCUT2D eigenvalue weighted by molar-refractivity contribution is 0.167. The Morgan fingerprint density at radius 1 is 0.596 bits per heavy atom. The van der Waals surface area contributed by atoms with Crippen LogP contribution in [0.25, 0.3) is 0 Å². The highest BCUT2D eigenvalue weighted by atomic mass is 15.4. The van der Waals surface area contributed by atoms with E-state index in [1.165, 1.54) is 27.9 Å². The van der Waals surface area contributed by atoms with Gasteiger partial charge in [-0.2, -0.15) is 0 Å². The standard InChI is InChI=1S/C14H21N3.C12H18N4.C11H15N3/c1-12-5-3-4-6-14(12)11-17-10-9-16(8-7-15)13(17)2;1-10-3-5-14-9-12(10)16-8-7-15(6-4-13)11(16)2;1-9-4-5-12-8-11(9)14-7-6-13(3)10(14)2/h3-6,9-10,13H,7-8,11,15H2,1-2H3;3,5,7-9,11H,4,6,13H2,1-2H3;4-8,10H,1-3H3/t13-;11-;10-/m000/s1. The largest absolute Gasteiger partial charge is 0.359 e. The third kappa shape index (κ3) is 8.84. The molecule has 0 fully saturated rings. The van der Waals surface area contributed by atoms with Gasteiger partial charge in [-0.25, -0.2) is 0 Å². The third-order valence-corrected chi connectivity index (χ3v) is 9.13. The topological polar surface area (TPSA) is 97.3 Å². The molecule has 3 aliphatic heterocycles. The monoisotopic (exact) mass is 638 g/mol. The molecule has 0 saturated heterocycles. The second kappa shape index (κ2) is 16.9.